The van der Waals surface area contributed by atoms with Crippen LogP contribution in [0.15, 0.2) is 48.7 Å². The lowest BCUT2D eigenvalue weighted by atomic mass is 9.61. The average Bonchev–Trinajstić information content (AvgIpc) is 2.87. The second kappa shape index (κ2) is 11.7. The zero-order chi connectivity index (χ0) is 29.2. The molecule has 2 aliphatic rings. The van der Waals surface area contributed by atoms with Gasteiger partial charge in [-0.2, -0.15) is 13.2 Å². The first kappa shape index (κ1) is 28.9. The molecule has 1 saturated carbocycles. The van der Waals surface area contributed by atoms with Gasteiger partial charge in [0.1, 0.15) is 11.9 Å². The number of nitrogens with two attached hydrogens (primary N) is 1. The molecule has 0 unspecified atom stereocenters. The smallest absolute Gasteiger partial charge is 0.419 e. The minimum Gasteiger partial charge on any atom is -0.488 e. The van der Waals surface area contributed by atoms with Gasteiger partial charge in [0.15, 0.2) is 0 Å². The number of anilines is 1. The van der Waals surface area contributed by atoms with E-state index in [-0.39, 0.29) is 28.6 Å². The molecule has 3 heterocycles. The lowest BCUT2D eigenvalue weighted by molar-refractivity contribution is -0.137. The number of alkyl halides is 3. The largest absolute Gasteiger partial charge is 0.488 e. The molecule has 0 radical (unpaired) electrons. The molecule has 218 valence electrons. The van der Waals surface area contributed by atoms with Gasteiger partial charge >= 0.3 is 6.18 Å². The standard InChI is InChI=1S/C29H31ClF3N5O3/c1-2-40-27-19(5-4-11-36-27)21-8-9-24(22(37-21)15-35-12-10-25(34)39)41-18-13-28(14-18)16-38(17-28)23-7-3-6-20(30)26(23)29(31,32)33/h3-9,11,18,35H,2,10,12-17H2,1H3,(H2,34,39). The lowest BCUT2D eigenvalue weighted by Gasteiger charge is -2.59. The molecule has 12 heteroatoms. The van der Waals surface area contributed by atoms with Gasteiger partial charge in [0, 0.05) is 44.2 Å². The third-order valence-corrected chi connectivity index (χ3v) is 7.70. The molecule has 2 fully saturated rings. The van der Waals surface area contributed by atoms with Crippen LogP contribution < -0.4 is 25.4 Å². The van der Waals surface area contributed by atoms with Crippen LogP contribution in [-0.2, 0) is 17.5 Å². The minimum absolute atomic E-state index is 0.0898. The minimum atomic E-state index is -4.53. The van der Waals surface area contributed by atoms with Crippen molar-refractivity contribution in [3.05, 3.63) is 64.9 Å². The quantitative estimate of drug-likeness (QED) is 0.295. The van der Waals surface area contributed by atoms with Crippen LogP contribution in [0.3, 0.4) is 0 Å². The van der Waals surface area contributed by atoms with E-state index >= 15 is 0 Å². The van der Waals surface area contributed by atoms with E-state index in [1.807, 2.05) is 31.2 Å². The monoisotopic (exact) mass is 589 g/mol. The predicted molar refractivity (Wildman–Crippen MR) is 149 cm³/mol. The van der Waals surface area contributed by atoms with Gasteiger partial charge in [-0.1, -0.05) is 17.7 Å². The summed E-state index contributed by atoms with van der Waals surface area (Å²) in [5, 5.41) is 2.89. The maximum atomic E-state index is 13.6. The van der Waals surface area contributed by atoms with E-state index in [2.05, 4.69) is 10.3 Å². The number of primary amides is 1. The molecule has 0 bridgehead atoms. The Bertz CT molecular complexity index is 1410. The third-order valence-electron chi connectivity index (χ3n) is 7.38. The van der Waals surface area contributed by atoms with Crippen LogP contribution in [-0.4, -0.2) is 48.2 Å². The Balaban J connectivity index is 1.27. The van der Waals surface area contributed by atoms with Gasteiger partial charge < -0.3 is 25.4 Å². The van der Waals surface area contributed by atoms with E-state index in [0.29, 0.717) is 55.8 Å². The van der Waals surface area contributed by atoms with E-state index in [1.54, 1.807) is 17.2 Å². The Labute approximate surface area is 241 Å². The van der Waals surface area contributed by atoms with E-state index in [1.165, 1.54) is 12.1 Å². The fourth-order valence-corrected chi connectivity index (χ4v) is 5.82. The number of ether oxygens (including phenoxy) is 2. The Morgan fingerprint density at radius 2 is 1.98 bits per heavy atom. The van der Waals surface area contributed by atoms with Crippen molar-refractivity contribution in [3.8, 4) is 22.9 Å². The molecular weight excluding hydrogens is 559 g/mol. The number of hydrogen-bond donors (Lipinski definition) is 2. The zero-order valence-corrected chi connectivity index (χ0v) is 23.3. The third kappa shape index (κ3) is 6.36. The molecule has 3 aromatic rings. The van der Waals surface area contributed by atoms with Gasteiger partial charge in [-0.15, -0.1) is 0 Å². The van der Waals surface area contributed by atoms with Gasteiger partial charge in [0.25, 0.3) is 0 Å². The molecular formula is C29H31ClF3N5O3. The number of hydrogen-bond acceptors (Lipinski definition) is 7. The molecule has 1 saturated heterocycles. The first-order chi connectivity index (χ1) is 19.6. The fourth-order valence-electron chi connectivity index (χ4n) is 5.55. The zero-order valence-electron chi connectivity index (χ0n) is 22.5. The molecule has 1 amide bonds. The molecule has 2 aromatic heterocycles. The molecule has 1 aliphatic heterocycles. The van der Waals surface area contributed by atoms with Crippen molar-refractivity contribution in [3.63, 3.8) is 0 Å². The van der Waals surface area contributed by atoms with Crippen molar-refractivity contribution in [1.82, 2.24) is 15.3 Å². The summed E-state index contributed by atoms with van der Waals surface area (Å²) in [5.74, 6) is 0.682. The second-order valence-corrected chi connectivity index (χ2v) is 10.9. The number of pyridine rings is 2. The van der Waals surface area contributed by atoms with Gasteiger partial charge in [0.05, 0.1) is 39.8 Å². The topological polar surface area (TPSA) is 103 Å². The Morgan fingerprint density at radius 1 is 1.20 bits per heavy atom. The molecule has 1 aliphatic carbocycles. The maximum Gasteiger partial charge on any atom is 0.419 e. The molecule has 5 rings (SSSR count). The van der Waals surface area contributed by atoms with Gasteiger partial charge in [-0.25, -0.2) is 9.97 Å². The summed E-state index contributed by atoms with van der Waals surface area (Å²) in [6.07, 6.45) is -1.33. The van der Waals surface area contributed by atoms with Crippen LogP contribution in [0.5, 0.6) is 11.6 Å². The highest BCUT2D eigenvalue weighted by molar-refractivity contribution is 6.31. The number of amides is 1. The summed E-state index contributed by atoms with van der Waals surface area (Å²) < 4.78 is 52.9. The molecule has 3 N–H and O–H groups in total. The summed E-state index contributed by atoms with van der Waals surface area (Å²) in [7, 11) is 0. The summed E-state index contributed by atoms with van der Waals surface area (Å²) in [4.78, 5) is 22.0. The van der Waals surface area contributed by atoms with Crippen molar-refractivity contribution in [1.29, 1.82) is 0 Å². The molecule has 1 aromatic carbocycles. The highest BCUT2D eigenvalue weighted by atomic mass is 35.5. The number of benzene rings is 1. The van der Waals surface area contributed by atoms with Gasteiger partial charge in [-0.05, 0) is 56.2 Å². The van der Waals surface area contributed by atoms with Gasteiger partial charge in [0.2, 0.25) is 11.8 Å². The van der Waals surface area contributed by atoms with Crippen LogP contribution >= 0.6 is 11.6 Å². The second-order valence-electron chi connectivity index (χ2n) is 10.5. The van der Waals surface area contributed by atoms with E-state index in [0.717, 1.165) is 18.4 Å². The van der Waals surface area contributed by atoms with Crippen molar-refractivity contribution in [2.45, 2.75) is 45.0 Å². The first-order valence-corrected chi connectivity index (χ1v) is 13.8. The van der Waals surface area contributed by atoms with Crippen molar-refractivity contribution in [2.24, 2.45) is 11.1 Å². The summed E-state index contributed by atoms with van der Waals surface area (Å²) in [6.45, 7) is 4.10. The van der Waals surface area contributed by atoms with Crippen LogP contribution in [0.4, 0.5) is 18.9 Å². The summed E-state index contributed by atoms with van der Waals surface area (Å²) in [5.41, 5.74) is 6.57. The van der Waals surface area contributed by atoms with Crippen molar-refractivity contribution >= 4 is 23.2 Å². The summed E-state index contributed by atoms with van der Waals surface area (Å²) in [6, 6.07) is 11.7. The number of rotatable bonds is 11. The Morgan fingerprint density at radius 3 is 2.68 bits per heavy atom. The lowest BCUT2D eigenvalue weighted by Crippen LogP contribution is -2.65. The highest BCUT2D eigenvalue weighted by Crippen LogP contribution is 2.53. The first-order valence-electron chi connectivity index (χ1n) is 13.4. The van der Waals surface area contributed by atoms with Crippen molar-refractivity contribution in [2.75, 3.05) is 31.1 Å². The van der Waals surface area contributed by atoms with E-state index < -0.39 is 17.6 Å². The SMILES string of the molecule is CCOc1ncccc1-c1ccc(OC2CC3(C2)CN(c2cccc(Cl)c2C(F)(F)F)C3)c(CNCCC(N)=O)n1. The number of nitrogens with one attached hydrogen (secondary N) is 1. The van der Waals surface area contributed by atoms with Gasteiger partial charge in [-0.3, -0.25) is 4.79 Å². The molecule has 41 heavy (non-hydrogen) atoms. The predicted octanol–water partition coefficient (Wildman–Crippen LogP) is 5.23. The number of carbonyl (C=O) groups is 1. The van der Waals surface area contributed by atoms with Crippen LogP contribution in [0.25, 0.3) is 11.3 Å². The molecule has 0 atom stereocenters. The number of aromatic nitrogens is 2. The van der Waals surface area contributed by atoms with Crippen LogP contribution in [0, 0.1) is 5.41 Å². The number of nitrogens with zero attached hydrogens (tertiary/aromatic N) is 3. The van der Waals surface area contributed by atoms with Crippen LogP contribution in [0.2, 0.25) is 5.02 Å². The Hall–Kier alpha value is -3.57. The van der Waals surface area contributed by atoms with E-state index in [4.69, 9.17) is 31.8 Å². The number of halogens is 4. The fraction of sp³-hybridized carbons (Fsp3) is 0.414. The normalized spacial score (nSPS) is 16.3. The average molecular weight is 590 g/mol. The van der Waals surface area contributed by atoms with Crippen LogP contribution in [0.1, 0.15) is 37.4 Å². The van der Waals surface area contributed by atoms with Crippen molar-refractivity contribution < 1.29 is 27.4 Å². The van der Waals surface area contributed by atoms with E-state index in [9.17, 15) is 18.0 Å². The molecule has 1 spiro atoms. The number of carbonyl (C=O) groups excluding carboxylic acids is 1. The Kier molecular flexibility index (Phi) is 8.28. The summed E-state index contributed by atoms with van der Waals surface area (Å²) >= 11 is 5.91. The maximum absolute atomic E-state index is 13.6. The molecule has 8 nitrogen and oxygen atoms in total. The highest BCUT2D eigenvalue weighted by Gasteiger charge is 2.54.